The lowest BCUT2D eigenvalue weighted by molar-refractivity contribution is 0.0527. The van der Waals surface area contributed by atoms with E-state index in [-0.39, 0.29) is 0 Å². The van der Waals surface area contributed by atoms with Crippen LogP contribution < -0.4 is 11.1 Å². The van der Waals surface area contributed by atoms with Crippen LogP contribution >= 0.6 is 11.5 Å². The van der Waals surface area contributed by atoms with Crippen molar-refractivity contribution in [3.8, 4) is 0 Å². The number of nitrogens with one attached hydrogen (secondary N) is 1. The van der Waals surface area contributed by atoms with E-state index in [0.29, 0.717) is 34.5 Å². The van der Waals surface area contributed by atoms with Gasteiger partial charge in [-0.25, -0.2) is 9.78 Å². The van der Waals surface area contributed by atoms with Crippen molar-refractivity contribution in [3.63, 3.8) is 0 Å². The number of rotatable bonds is 4. The number of hydrogen-bond donors (Lipinski definition) is 2. The summed E-state index contributed by atoms with van der Waals surface area (Å²) in [5.41, 5.74) is 7.21. The van der Waals surface area contributed by atoms with E-state index in [1.807, 2.05) is 6.92 Å². The van der Waals surface area contributed by atoms with Crippen molar-refractivity contribution in [2.45, 2.75) is 13.8 Å². The second-order valence-corrected chi connectivity index (χ2v) is 4.55. The predicted molar refractivity (Wildman–Crippen MR) is 74.7 cm³/mol. The molecule has 0 aliphatic heterocycles. The zero-order chi connectivity index (χ0) is 13.8. The fraction of sp³-hybridized carbons (Fsp3) is 0.250. The molecule has 0 saturated heterocycles. The number of nitrogen functional groups attached to an aromatic ring is 1. The molecule has 19 heavy (non-hydrogen) atoms. The Kier molecular flexibility index (Phi) is 3.96. The van der Waals surface area contributed by atoms with Crippen molar-refractivity contribution in [1.29, 1.82) is 0 Å². The highest BCUT2D eigenvalue weighted by Crippen LogP contribution is 2.23. The Balaban J connectivity index is 2.23. The molecule has 6 nitrogen and oxygen atoms in total. The van der Waals surface area contributed by atoms with Crippen LogP contribution in [0.1, 0.15) is 23.1 Å². The summed E-state index contributed by atoms with van der Waals surface area (Å²) in [6.45, 7) is 3.88. The fourth-order valence-corrected chi connectivity index (χ4v) is 2.09. The van der Waals surface area contributed by atoms with E-state index in [1.54, 1.807) is 25.1 Å². The summed E-state index contributed by atoms with van der Waals surface area (Å²) in [6, 6.07) is 5.07. The second-order valence-electron chi connectivity index (χ2n) is 3.79. The van der Waals surface area contributed by atoms with Crippen LogP contribution in [0.3, 0.4) is 0 Å². The molecule has 0 fully saturated rings. The quantitative estimate of drug-likeness (QED) is 0.659. The first-order valence-corrected chi connectivity index (χ1v) is 6.51. The minimum Gasteiger partial charge on any atom is -0.462 e. The Labute approximate surface area is 114 Å². The van der Waals surface area contributed by atoms with Gasteiger partial charge in [-0.1, -0.05) is 0 Å². The van der Waals surface area contributed by atoms with Gasteiger partial charge in [0.15, 0.2) is 0 Å². The molecule has 0 atom stereocenters. The summed E-state index contributed by atoms with van der Waals surface area (Å²) in [4.78, 5) is 15.9. The number of esters is 1. The average Bonchev–Trinajstić information content (AvgIpc) is 2.77. The molecule has 1 aromatic heterocycles. The highest BCUT2D eigenvalue weighted by molar-refractivity contribution is 7.09. The number of nitrogens with zero attached hydrogens (tertiary/aromatic N) is 2. The van der Waals surface area contributed by atoms with Crippen LogP contribution in [0.5, 0.6) is 0 Å². The number of aromatic nitrogens is 2. The van der Waals surface area contributed by atoms with Gasteiger partial charge < -0.3 is 15.8 Å². The third kappa shape index (κ3) is 3.19. The van der Waals surface area contributed by atoms with Gasteiger partial charge in [0, 0.05) is 22.9 Å². The first kappa shape index (κ1) is 13.3. The van der Waals surface area contributed by atoms with Crippen LogP contribution in [0.4, 0.5) is 16.5 Å². The number of hydrogen-bond acceptors (Lipinski definition) is 7. The summed E-state index contributed by atoms with van der Waals surface area (Å²) in [6.07, 6.45) is 0. The topological polar surface area (TPSA) is 90.1 Å². The number of anilines is 3. The number of carbonyl (C=O) groups is 1. The third-order valence-electron chi connectivity index (χ3n) is 2.33. The lowest BCUT2D eigenvalue weighted by Crippen LogP contribution is -2.08. The van der Waals surface area contributed by atoms with Crippen LogP contribution in [0, 0.1) is 6.92 Å². The summed E-state index contributed by atoms with van der Waals surface area (Å²) in [7, 11) is 0. The third-order valence-corrected chi connectivity index (χ3v) is 3.05. The zero-order valence-corrected chi connectivity index (χ0v) is 11.5. The molecule has 0 unspecified atom stereocenters. The Morgan fingerprint density at radius 2 is 2.32 bits per heavy atom. The van der Waals surface area contributed by atoms with Gasteiger partial charge in [0.05, 0.1) is 12.2 Å². The Morgan fingerprint density at radius 1 is 1.53 bits per heavy atom. The molecule has 2 aromatic rings. The van der Waals surface area contributed by atoms with Crippen LogP contribution in [0.15, 0.2) is 18.2 Å². The molecule has 0 spiro atoms. The van der Waals surface area contributed by atoms with Crippen LogP contribution in [0.2, 0.25) is 0 Å². The van der Waals surface area contributed by atoms with Crippen molar-refractivity contribution in [3.05, 3.63) is 29.6 Å². The largest absolute Gasteiger partial charge is 0.462 e. The number of carbonyl (C=O) groups excluding carboxylic acids is 1. The van der Waals surface area contributed by atoms with Gasteiger partial charge in [-0.05, 0) is 32.0 Å². The normalized spacial score (nSPS) is 10.2. The van der Waals surface area contributed by atoms with Crippen LogP contribution in [-0.2, 0) is 4.74 Å². The molecular weight excluding hydrogens is 264 g/mol. The molecule has 0 aliphatic rings. The smallest absolute Gasteiger partial charge is 0.340 e. The first-order valence-electron chi connectivity index (χ1n) is 5.74. The van der Waals surface area contributed by atoms with Gasteiger partial charge in [-0.3, -0.25) is 0 Å². The monoisotopic (exact) mass is 278 g/mol. The number of nitrogens with two attached hydrogens (primary N) is 1. The molecule has 3 N–H and O–H groups in total. The number of benzene rings is 1. The second kappa shape index (κ2) is 5.66. The van der Waals surface area contributed by atoms with E-state index in [1.165, 1.54) is 11.5 Å². The van der Waals surface area contributed by atoms with Gasteiger partial charge >= 0.3 is 5.97 Å². The summed E-state index contributed by atoms with van der Waals surface area (Å²) in [5.74, 6) is 0.269. The lowest BCUT2D eigenvalue weighted by atomic mass is 10.1. The minimum atomic E-state index is -0.433. The van der Waals surface area contributed by atoms with Crippen molar-refractivity contribution in [1.82, 2.24) is 9.36 Å². The molecule has 0 radical (unpaired) electrons. The number of ether oxygens (including phenoxy) is 1. The molecule has 1 aromatic carbocycles. The summed E-state index contributed by atoms with van der Waals surface area (Å²) >= 11 is 1.25. The van der Waals surface area contributed by atoms with E-state index in [9.17, 15) is 4.79 Å². The average molecular weight is 278 g/mol. The van der Waals surface area contributed by atoms with E-state index in [0.717, 1.165) is 0 Å². The van der Waals surface area contributed by atoms with E-state index in [4.69, 9.17) is 10.5 Å². The molecule has 0 amide bonds. The maximum atomic E-state index is 11.7. The predicted octanol–water partition coefficient (Wildman–Crippen LogP) is 2.35. The number of aryl methyl sites for hydroxylation is 1. The maximum Gasteiger partial charge on any atom is 0.340 e. The molecule has 0 saturated carbocycles. The lowest BCUT2D eigenvalue weighted by Gasteiger charge is -2.08. The fourth-order valence-electron chi connectivity index (χ4n) is 1.49. The van der Waals surface area contributed by atoms with Gasteiger partial charge in [0.25, 0.3) is 0 Å². The Hall–Kier alpha value is -2.15. The SMILES string of the molecule is CCOC(=O)c1cc(Nc2nc(C)ns2)ccc1N. The highest BCUT2D eigenvalue weighted by atomic mass is 32.1. The molecule has 7 heteroatoms. The first-order chi connectivity index (χ1) is 9.10. The molecule has 0 bridgehead atoms. The zero-order valence-electron chi connectivity index (χ0n) is 10.6. The highest BCUT2D eigenvalue weighted by Gasteiger charge is 2.12. The van der Waals surface area contributed by atoms with Gasteiger partial charge in [-0.15, -0.1) is 0 Å². The van der Waals surface area contributed by atoms with Crippen molar-refractivity contribution in [2.24, 2.45) is 0 Å². The Morgan fingerprint density at radius 3 is 2.95 bits per heavy atom. The summed E-state index contributed by atoms with van der Waals surface area (Å²) < 4.78 is 9.02. The summed E-state index contributed by atoms with van der Waals surface area (Å²) in [5, 5.41) is 3.73. The van der Waals surface area contributed by atoms with E-state index < -0.39 is 5.97 Å². The standard InChI is InChI=1S/C12H14N4O2S/c1-3-18-11(17)9-6-8(4-5-10(9)13)15-12-14-7(2)16-19-12/h4-6H,3,13H2,1-2H3,(H,14,15,16). The van der Waals surface area contributed by atoms with Crippen molar-refractivity contribution >= 4 is 34.0 Å². The minimum absolute atomic E-state index is 0.311. The molecule has 100 valence electrons. The van der Waals surface area contributed by atoms with Gasteiger partial charge in [0.1, 0.15) is 5.82 Å². The van der Waals surface area contributed by atoms with Crippen LogP contribution in [-0.4, -0.2) is 21.9 Å². The molecule has 2 rings (SSSR count). The van der Waals surface area contributed by atoms with E-state index in [2.05, 4.69) is 14.7 Å². The molecule has 1 heterocycles. The molecular formula is C12H14N4O2S. The molecule has 0 aliphatic carbocycles. The maximum absolute atomic E-state index is 11.7. The van der Waals surface area contributed by atoms with E-state index >= 15 is 0 Å². The van der Waals surface area contributed by atoms with Crippen molar-refractivity contribution < 1.29 is 9.53 Å². The Bertz CT molecular complexity index is 597. The van der Waals surface area contributed by atoms with Crippen molar-refractivity contribution in [2.75, 3.05) is 17.7 Å². The van der Waals surface area contributed by atoms with Gasteiger partial charge in [-0.2, -0.15) is 4.37 Å². The van der Waals surface area contributed by atoms with Crippen LogP contribution in [0.25, 0.3) is 0 Å². The van der Waals surface area contributed by atoms with Gasteiger partial charge in [0.2, 0.25) is 5.13 Å².